The van der Waals surface area contributed by atoms with E-state index in [0.717, 1.165) is 0 Å². The Morgan fingerprint density at radius 1 is 1.00 bits per heavy atom. The predicted octanol–water partition coefficient (Wildman–Crippen LogP) is 2.59. The Bertz CT molecular complexity index is 322. The molecule has 2 aliphatic rings. The van der Waals surface area contributed by atoms with Gasteiger partial charge in [-0.05, 0) is 6.42 Å². The van der Waals surface area contributed by atoms with Crippen LogP contribution in [0.2, 0.25) is 0 Å². The van der Waals surface area contributed by atoms with Crippen LogP contribution in [0.4, 0.5) is 0 Å². The zero-order valence-electron chi connectivity index (χ0n) is 6.82. The van der Waals surface area contributed by atoms with Crippen molar-refractivity contribution in [3.8, 4) is 0 Å². The molecule has 3 rings (SSSR count). The molecule has 1 saturated carbocycles. The third-order valence-electron chi connectivity index (χ3n) is 3.04. The van der Waals surface area contributed by atoms with E-state index >= 15 is 0 Å². The van der Waals surface area contributed by atoms with Gasteiger partial charge in [0.15, 0.2) is 0 Å². The lowest BCUT2D eigenvalue weighted by molar-refractivity contribution is 0.724. The Kier molecular flexibility index (Phi) is 1.78. The second-order valence-corrected chi connectivity index (χ2v) is 5.78. The van der Waals surface area contributed by atoms with Crippen molar-refractivity contribution >= 4 is 31.9 Å². The second kappa shape index (κ2) is 2.76. The van der Waals surface area contributed by atoms with Gasteiger partial charge in [0.1, 0.15) is 0 Å². The minimum atomic E-state index is 0.529. The van der Waals surface area contributed by atoms with Crippen LogP contribution in [0.5, 0.6) is 0 Å². The highest BCUT2D eigenvalue weighted by molar-refractivity contribution is 9.12. The number of nitrogens with zero attached hydrogens (tertiary/aromatic N) is 2. The van der Waals surface area contributed by atoms with Gasteiger partial charge in [-0.15, -0.1) is 0 Å². The van der Waals surface area contributed by atoms with Gasteiger partial charge in [0.05, 0.1) is 11.4 Å². The fourth-order valence-corrected chi connectivity index (χ4v) is 4.10. The van der Waals surface area contributed by atoms with Gasteiger partial charge in [-0.3, -0.25) is 9.97 Å². The maximum Gasteiger partial charge on any atom is 0.0664 e. The predicted molar refractivity (Wildman–Crippen MR) is 57.6 cm³/mol. The number of fused-ring (bicyclic) bond motifs is 5. The Balaban J connectivity index is 2.16. The van der Waals surface area contributed by atoms with Crippen LogP contribution in [0.25, 0.3) is 0 Å². The normalized spacial score (nSPS) is 40.8. The molecule has 68 valence electrons. The van der Waals surface area contributed by atoms with E-state index in [9.17, 15) is 0 Å². The van der Waals surface area contributed by atoms with Crippen molar-refractivity contribution < 1.29 is 0 Å². The quantitative estimate of drug-likeness (QED) is 0.689. The first-order valence-corrected chi connectivity index (χ1v) is 6.21. The summed E-state index contributed by atoms with van der Waals surface area (Å²) >= 11 is 7.43. The summed E-state index contributed by atoms with van der Waals surface area (Å²) in [6.45, 7) is 0. The summed E-state index contributed by atoms with van der Waals surface area (Å²) in [6.07, 6.45) is 4.79. The molecule has 4 atom stereocenters. The maximum atomic E-state index is 4.41. The van der Waals surface area contributed by atoms with Crippen molar-refractivity contribution in [3.63, 3.8) is 0 Å². The zero-order valence-corrected chi connectivity index (χ0v) is 9.99. The number of hydrogen-bond donors (Lipinski definition) is 0. The number of aromatic nitrogens is 2. The number of hydrogen-bond acceptors (Lipinski definition) is 2. The monoisotopic (exact) mass is 302 g/mol. The van der Waals surface area contributed by atoms with Gasteiger partial charge in [0.2, 0.25) is 0 Å². The van der Waals surface area contributed by atoms with E-state index in [1.54, 1.807) is 12.4 Å². The molecule has 0 amide bonds. The second-order valence-electron chi connectivity index (χ2n) is 3.66. The van der Waals surface area contributed by atoms with Crippen molar-refractivity contribution in [2.75, 3.05) is 0 Å². The van der Waals surface area contributed by atoms with E-state index in [1.165, 1.54) is 17.8 Å². The van der Waals surface area contributed by atoms with Crippen molar-refractivity contribution in [2.24, 2.45) is 0 Å². The first kappa shape index (κ1) is 8.36. The molecule has 0 N–H and O–H groups in total. The maximum absolute atomic E-state index is 4.41. The molecule has 2 nitrogen and oxygen atoms in total. The molecule has 0 radical (unpaired) electrons. The largest absolute Gasteiger partial charge is 0.257 e. The molecule has 1 fully saturated rings. The molecule has 0 aromatic carbocycles. The smallest absolute Gasteiger partial charge is 0.0664 e. The molecule has 0 spiro atoms. The van der Waals surface area contributed by atoms with Gasteiger partial charge in [-0.2, -0.15) is 0 Å². The van der Waals surface area contributed by atoms with Crippen LogP contribution in [0, 0.1) is 0 Å². The molecule has 0 aliphatic heterocycles. The van der Waals surface area contributed by atoms with Gasteiger partial charge in [0, 0.05) is 33.9 Å². The van der Waals surface area contributed by atoms with E-state index < -0.39 is 0 Å². The molecule has 0 unspecified atom stereocenters. The summed E-state index contributed by atoms with van der Waals surface area (Å²) < 4.78 is 0. The lowest BCUT2D eigenvalue weighted by atomic mass is 10.0. The summed E-state index contributed by atoms with van der Waals surface area (Å²) in [4.78, 5) is 9.89. The van der Waals surface area contributed by atoms with E-state index in [4.69, 9.17) is 0 Å². The van der Waals surface area contributed by atoms with Gasteiger partial charge in [0.25, 0.3) is 0 Å². The third kappa shape index (κ3) is 0.988. The Hall–Kier alpha value is 0.0400. The summed E-state index contributed by atoms with van der Waals surface area (Å²) in [7, 11) is 0. The molecule has 1 aromatic heterocycles. The van der Waals surface area contributed by atoms with E-state index in [1.807, 2.05) is 0 Å². The summed E-state index contributed by atoms with van der Waals surface area (Å²) in [5.74, 6) is 1.14. The van der Waals surface area contributed by atoms with Crippen molar-refractivity contribution in [1.29, 1.82) is 0 Å². The molecule has 0 saturated heterocycles. The van der Waals surface area contributed by atoms with Crippen LogP contribution in [0.3, 0.4) is 0 Å². The highest BCUT2D eigenvalue weighted by Crippen LogP contribution is 2.56. The van der Waals surface area contributed by atoms with Crippen LogP contribution in [0.15, 0.2) is 12.4 Å². The Labute approximate surface area is 93.4 Å². The van der Waals surface area contributed by atoms with Crippen LogP contribution < -0.4 is 0 Å². The first-order chi connectivity index (χ1) is 6.29. The van der Waals surface area contributed by atoms with Crippen LogP contribution in [-0.4, -0.2) is 19.6 Å². The zero-order chi connectivity index (χ0) is 9.00. The molecule has 4 heteroatoms. The molecule has 2 bridgehead atoms. The molecule has 13 heavy (non-hydrogen) atoms. The first-order valence-electron chi connectivity index (χ1n) is 4.38. The average molecular weight is 304 g/mol. The summed E-state index contributed by atoms with van der Waals surface area (Å²) in [5.41, 5.74) is 2.43. The van der Waals surface area contributed by atoms with E-state index in [2.05, 4.69) is 41.8 Å². The minimum absolute atomic E-state index is 0.529. The van der Waals surface area contributed by atoms with Crippen LogP contribution >= 0.6 is 31.9 Å². The fourth-order valence-electron chi connectivity index (χ4n) is 2.43. The molecular formula is C9H8Br2N2. The topological polar surface area (TPSA) is 25.8 Å². The third-order valence-corrected chi connectivity index (χ3v) is 6.16. The van der Waals surface area contributed by atoms with Gasteiger partial charge in [-0.25, -0.2) is 0 Å². The summed E-state index contributed by atoms with van der Waals surface area (Å²) in [6, 6.07) is 0. The van der Waals surface area contributed by atoms with Gasteiger partial charge < -0.3 is 0 Å². The number of rotatable bonds is 0. The van der Waals surface area contributed by atoms with Gasteiger partial charge in [-0.1, -0.05) is 31.9 Å². The van der Waals surface area contributed by atoms with Crippen molar-refractivity contribution in [1.82, 2.24) is 9.97 Å². The summed E-state index contributed by atoms with van der Waals surface area (Å²) in [5, 5.41) is 0. The van der Waals surface area contributed by atoms with Gasteiger partial charge >= 0.3 is 0 Å². The lowest BCUT2D eigenvalue weighted by Gasteiger charge is -2.22. The Morgan fingerprint density at radius 2 is 1.46 bits per heavy atom. The minimum Gasteiger partial charge on any atom is -0.257 e. The van der Waals surface area contributed by atoms with Crippen molar-refractivity contribution in [2.45, 2.75) is 27.9 Å². The molecule has 2 aliphatic carbocycles. The molecule has 1 heterocycles. The van der Waals surface area contributed by atoms with Crippen LogP contribution in [0.1, 0.15) is 29.6 Å². The number of halogens is 2. The Morgan fingerprint density at radius 3 is 1.92 bits per heavy atom. The van der Waals surface area contributed by atoms with E-state index in [0.29, 0.717) is 21.5 Å². The van der Waals surface area contributed by atoms with Crippen LogP contribution in [-0.2, 0) is 0 Å². The lowest BCUT2D eigenvalue weighted by Crippen LogP contribution is -2.23. The van der Waals surface area contributed by atoms with Crippen molar-refractivity contribution in [3.05, 3.63) is 23.8 Å². The average Bonchev–Trinajstić information content (AvgIpc) is 2.66. The highest BCUT2D eigenvalue weighted by Gasteiger charge is 2.50. The highest BCUT2D eigenvalue weighted by atomic mass is 79.9. The number of alkyl halides is 2. The standard InChI is InChI=1S/C9H8Br2N2/c10-6-4-3-5(7(6)11)9-8(4)12-1-2-13-9/h1-2,4-7H,3H2/t4-,5+,6+,7-. The fraction of sp³-hybridized carbons (Fsp3) is 0.556. The SMILES string of the molecule is Br[C@@H]1[C@H](Br)[C@@H]2C[C@H]1c1nccnc12. The molecular weight excluding hydrogens is 296 g/mol. The molecule has 1 aromatic rings. The van der Waals surface area contributed by atoms with E-state index in [-0.39, 0.29) is 0 Å².